The molecule has 0 aromatic carbocycles. The summed E-state index contributed by atoms with van der Waals surface area (Å²) < 4.78 is 5.01. The van der Waals surface area contributed by atoms with Crippen LogP contribution in [-0.4, -0.2) is 29.1 Å². The lowest BCUT2D eigenvalue weighted by Crippen LogP contribution is -2.24. The predicted octanol–water partition coefficient (Wildman–Crippen LogP) is 0.589. The van der Waals surface area contributed by atoms with Gasteiger partial charge in [-0.1, -0.05) is 6.92 Å². The second-order valence-electron chi connectivity index (χ2n) is 4.63. The lowest BCUT2D eigenvalue weighted by atomic mass is 10.3. The fraction of sp³-hybridized carbons (Fsp3) is 0.385. The van der Waals surface area contributed by atoms with Crippen molar-refractivity contribution in [2.45, 2.75) is 26.4 Å². The molecular weight excluding hydrogens is 256 g/mol. The van der Waals surface area contributed by atoms with Crippen LogP contribution in [0.5, 0.6) is 0 Å². The van der Waals surface area contributed by atoms with Crippen molar-refractivity contribution in [1.82, 2.24) is 29.1 Å². The van der Waals surface area contributed by atoms with E-state index in [1.165, 1.54) is 0 Å². The fourth-order valence-corrected chi connectivity index (χ4v) is 2.30. The van der Waals surface area contributed by atoms with Gasteiger partial charge >= 0.3 is 0 Å². The van der Waals surface area contributed by atoms with Crippen molar-refractivity contribution in [2.24, 2.45) is 7.05 Å². The minimum absolute atomic E-state index is 0.0585. The average molecular weight is 272 g/mol. The minimum atomic E-state index is -0.0585. The van der Waals surface area contributed by atoms with Gasteiger partial charge in [0.05, 0.1) is 18.6 Å². The first-order valence-corrected chi connectivity index (χ1v) is 6.59. The summed E-state index contributed by atoms with van der Waals surface area (Å²) in [4.78, 5) is 16.9. The summed E-state index contributed by atoms with van der Waals surface area (Å²) in [5.41, 5.74) is 2.07. The zero-order valence-corrected chi connectivity index (χ0v) is 11.5. The Balaban J connectivity index is 1.99. The first-order valence-electron chi connectivity index (χ1n) is 6.59. The first kappa shape index (κ1) is 12.6. The molecule has 3 heterocycles. The highest BCUT2D eigenvalue weighted by atomic mass is 16.1. The molecule has 104 valence electrons. The largest absolute Gasteiger partial charge is 0.296 e. The van der Waals surface area contributed by atoms with Crippen molar-refractivity contribution in [3.63, 3.8) is 0 Å². The maximum atomic E-state index is 12.5. The van der Waals surface area contributed by atoms with E-state index in [-0.39, 0.29) is 5.56 Å². The molecular formula is C13H16N6O. The van der Waals surface area contributed by atoms with E-state index in [0.29, 0.717) is 24.1 Å². The molecule has 0 fully saturated rings. The SMILES string of the molecule is CCc1nn(C)c2c(=O)n(CCn3cccn3)cnc12. The van der Waals surface area contributed by atoms with E-state index in [1.54, 1.807) is 33.5 Å². The van der Waals surface area contributed by atoms with Crippen LogP contribution >= 0.6 is 0 Å². The summed E-state index contributed by atoms with van der Waals surface area (Å²) in [5, 5.41) is 8.47. The van der Waals surface area contributed by atoms with Gasteiger partial charge in [-0.05, 0) is 12.5 Å². The Morgan fingerprint density at radius 3 is 2.85 bits per heavy atom. The van der Waals surface area contributed by atoms with E-state index >= 15 is 0 Å². The molecule has 0 saturated carbocycles. The van der Waals surface area contributed by atoms with Crippen LogP contribution in [0, 0.1) is 0 Å². The number of nitrogens with zero attached hydrogens (tertiary/aromatic N) is 6. The highest BCUT2D eigenvalue weighted by Crippen LogP contribution is 2.11. The summed E-state index contributed by atoms with van der Waals surface area (Å²) in [5.74, 6) is 0. The second-order valence-corrected chi connectivity index (χ2v) is 4.63. The summed E-state index contributed by atoms with van der Waals surface area (Å²) in [6.45, 7) is 3.18. The molecule has 0 aliphatic rings. The van der Waals surface area contributed by atoms with E-state index in [1.807, 2.05) is 19.2 Å². The molecule has 3 aromatic rings. The summed E-state index contributed by atoms with van der Waals surface area (Å²) >= 11 is 0. The van der Waals surface area contributed by atoms with Gasteiger partial charge in [0.1, 0.15) is 5.52 Å². The lowest BCUT2D eigenvalue weighted by Gasteiger charge is -2.05. The van der Waals surface area contributed by atoms with E-state index in [2.05, 4.69) is 15.2 Å². The van der Waals surface area contributed by atoms with Crippen LogP contribution < -0.4 is 5.56 Å². The first-order chi connectivity index (χ1) is 9.70. The van der Waals surface area contributed by atoms with Gasteiger partial charge in [0.25, 0.3) is 5.56 Å². The van der Waals surface area contributed by atoms with E-state index in [4.69, 9.17) is 0 Å². The van der Waals surface area contributed by atoms with Gasteiger partial charge in [0.15, 0.2) is 5.52 Å². The summed E-state index contributed by atoms with van der Waals surface area (Å²) in [6.07, 6.45) is 5.95. The number of aromatic nitrogens is 6. The molecule has 0 radical (unpaired) electrons. The quantitative estimate of drug-likeness (QED) is 0.697. The Bertz CT molecular complexity index is 783. The van der Waals surface area contributed by atoms with Gasteiger partial charge in [0, 0.05) is 26.0 Å². The smallest absolute Gasteiger partial charge is 0.279 e. The molecule has 20 heavy (non-hydrogen) atoms. The molecule has 0 aliphatic heterocycles. The van der Waals surface area contributed by atoms with Gasteiger partial charge in [-0.3, -0.25) is 18.7 Å². The molecule has 3 rings (SSSR count). The number of hydrogen-bond donors (Lipinski definition) is 0. The Labute approximate surface area is 115 Å². The molecule has 0 saturated heterocycles. The molecule has 0 amide bonds. The van der Waals surface area contributed by atoms with Crippen molar-refractivity contribution in [1.29, 1.82) is 0 Å². The van der Waals surface area contributed by atoms with Crippen LogP contribution in [0.3, 0.4) is 0 Å². The maximum Gasteiger partial charge on any atom is 0.279 e. The lowest BCUT2D eigenvalue weighted by molar-refractivity contribution is 0.520. The van der Waals surface area contributed by atoms with Crippen molar-refractivity contribution in [3.8, 4) is 0 Å². The zero-order chi connectivity index (χ0) is 14.1. The van der Waals surface area contributed by atoms with Crippen molar-refractivity contribution in [2.75, 3.05) is 0 Å². The van der Waals surface area contributed by atoms with Gasteiger partial charge in [-0.15, -0.1) is 0 Å². The summed E-state index contributed by atoms with van der Waals surface area (Å²) in [7, 11) is 1.78. The molecule has 0 bridgehead atoms. The van der Waals surface area contributed by atoms with Crippen LogP contribution in [0.2, 0.25) is 0 Å². The van der Waals surface area contributed by atoms with E-state index in [0.717, 1.165) is 12.1 Å². The van der Waals surface area contributed by atoms with E-state index < -0.39 is 0 Å². The van der Waals surface area contributed by atoms with Gasteiger partial charge in [0.2, 0.25) is 0 Å². The normalized spacial score (nSPS) is 11.3. The minimum Gasteiger partial charge on any atom is -0.296 e. The third-order valence-corrected chi connectivity index (χ3v) is 3.35. The molecule has 0 aliphatic carbocycles. The third-order valence-electron chi connectivity index (χ3n) is 3.35. The summed E-state index contributed by atoms with van der Waals surface area (Å²) in [6, 6.07) is 1.86. The van der Waals surface area contributed by atoms with Gasteiger partial charge < -0.3 is 0 Å². The zero-order valence-electron chi connectivity index (χ0n) is 11.5. The van der Waals surface area contributed by atoms with Crippen LogP contribution in [-0.2, 0) is 26.6 Å². The molecule has 7 heteroatoms. The number of rotatable bonds is 4. The van der Waals surface area contributed by atoms with Gasteiger partial charge in [-0.25, -0.2) is 4.98 Å². The molecule has 7 nitrogen and oxygen atoms in total. The highest BCUT2D eigenvalue weighted by Gasteiger charge is 2.13. The standard InChI is InChI=1S/C13H16N6O/c1-3-10-11-12(17(2)16-10)13(20)18(9-14-11)7-8-19-6-4-5-15-19/h4-6,9H,3,7-8H2,1-2H3. The van der Waals surface area contributed by atoms with Crippen molar-refractivity contribution >= 4 is 11.0 Å². The van der Waals surface area contributed by atoms with E-state index in [9.17, 15) is 4.79 Å². The van der Waals surface area contributed by atoms with Crippen molar-refractivity contribution < 1.29 is 0 Å². The van der Waals surface area contributed by atoms with Crippen molar-refractivity contribution in [3.05, 3.63) is 40.8 Å². The van der Waals surface area contributed by atoms with Crippen LogP contribution in [0.1, 0.15) is 12.6 Å². The predicted molar refractivity (Wildman–Crippen MR) is 74.4 cm³/mol. The fourth-order valence-electron chi connectivity index (χ4n) is 2.30. The molecule has 0 N–H and O–H groups in total. The number of fused-ring (bicyclic) bond motifs is 1. The van der Waals surface area contributed by atoms with Crippen LogP contribution in [0.25, 0.3) is 11.0 Å². The third kappa shape index (κ3) is 2.01. The van der Waals surface area contributed by atoms with Crippen LogP contribution in [0.4, 0.5) is 0 Å². The molecule has 3 aromatic heterocycles. The Kier molecular flexibility index (Phi) is 3.09. The van der Waals surface area contributed by atoms with Crippen LogP contribution in [0.15, 0.2) is 29.6 Å². The average Bonchev–Trinajstić information content (AvgIpc) is 3.06. The monoisotopic (exact) mass is 272 g/mol. The second kappa shape index (κ2) is 4.92. The molecule has 0 unspecified atom stereocenters. The number of aryl methyl sites for hydroxylation is 4. The Morgan fingerprint density at radius 1 is 1.30 bits per heavy atom. The number of hydrogen-bond acceptors (Lipinski definition) is 4. The topological polar surface area (TPSA) is 70.5 Å². The molecule has 0 atom stereocenters. The maximum absolute atomic E-state index is 12.5. The highest BCUT2D eigenvalue weighted by molar-refractivity contribution is 5.76. The van der Waals surface area contributed by atoms with Gasteiger partial charge in [-0.2, -0.15) is 10.2 Å². The molecule has 0 spiro atoms. The Hall–Kier alpha value is -2.44. The Morgan fingerprint density at radius 2 is 2.15 bits per heavy atom.